The smallest absolute Gasteiger partial charge is 0.223 e. The molecule has 0 bridgehead atoms. The molecule has 8 heteroatoms. The summed E-state index contributed by atoms with van der Waals surface area (Å²) in [4.78, 5) is 30.8. The summed E-state index contributed by atoms with van der Waals surface area (Å²) in [6.45, 7) is 14.8. The van der Waals surface area contributed by atoms with Crippen LogP contribution in [0.1, 0.15) is 91.3 Å². The number of ketones is 1. The highest BCUT2D eigenvalue weighted by Crippen LogP contribution is 2.35. The molecule has 36 heavy (non-hydrogen) atoms. The van der Waals surface area contributed by atoms with Crippen molar-refractivity contribution in [3.63, 3.8) is 0 Å². The summed E-state index contributed by atoms with van der Waals surface area (Å²) in [5.74, 6) is -1.43. The lowest BCUT2D eigenvalue weighted by molar-refractivity contribution is -0.143. The molecular weight excluding hydrogens is 476 g/mol. The van der Waals surface area contributed by atoms with Crippen LogP contribution in [0.3, 0.4) is 0 Å². The third kappa shape index (κ3) is 7.70. The first-order valence-corrected chi connectivity index (χ1v) is 13.9. The predicted molar refractivity (Wildman–Crippen MR) is 144 cm³/mol. The van der Waals surface area contributed by atoms with Crippen molar-refractivity contribution in [1.29, 1.82) is 0 Å². The van der Waals surface area contributed by atoms with E-state index in [1.165, 1.54) is 0 Å². The van der Waals surface area contributed by atoms with Crippen LogP contribution in [-0.2, 0) is 9.59 Å². The van der Waals surface area contributed by atoms with E-state index in [-0.39, 0.29) is 18.1 Å². The molecule has 1 amide bonds. The van der Waals surface area contributed by atoms with Crippen molar-refractivity contribution in [3.8, 4) is 0 Å². The molecule has 1 unspecified atom stereocenters. The number of aliphatic hydroxyl groups excluding tert-OH is 3. The summed E-state index contributed by atoms with van der Waals surface area (Å²) in [5.41, 5.74) is 0.0536. The molecule has 1 aliphatic rings. The van der Waals surface area contributed by atoms with Gasteiger partial charge in [-0.3, -0.25) is 9.59 Å². The maximum absolute atomic E-state index is 13.3. The minimum atomic E-state index is -1.21. The molecule has 1 fully saturated rings. The van der Waals surface area contributed by atoms with Crippen LogP contribution >= 0.6 is 11.3 Å². The number of nitrogens with zero attached hydrogens (tertiary/aromatic N) is 1. The first kappa shape index (κ1) is 30.6. The predicted octanol–water partition coefficient (Wildman–Crippen LogP) is 4.28. The standard InChI is InChI=1S/C28H46N2O5S/c1-16-10-9-11-27(5,6)22(31)13-21(17(2)12-20-15-36-19(4)29-20)30-24(33)14-23(32)28(7,8)26(35)18(3)25(16)34/h12,15-16,18,21-23,25,31-32,34H,9-11,13-14H2,1-8H3,(H,30,33)/b17-12+/t16-,18+,21-,22-,23?,25-/m0/s1. The minimum Gasteiger partial charge on any atom is -0.392 e. The van der Waals surface area contributed by atoms with Gasteiger partial charge in [0.1, 0.15) is 5.78 Å². The van der Waals surface area contributed by atoms with Gasteiger partial charge in [-0.1, -0.05) is 48.0 Å². The van der Waals surface area contributed by atoms with Crippen LogP contribution in [-0.4, -0.2) is 56.3 Å². The quantitative estimate of drug-likeness (QED) is 0.460. The molecule has 0 saturated carbocycles. The van der Waals surface area contributed by atoms with Crippen LogP contribution in [0.5, 0.6) is 0 Å². The SMILES string of the molecule is C/C(=C\c1csc(C)n1)[C@@H]1C[C@H](O)C(C)(C)CCC[C@H](C)[C@H](O)[C@@H](C)C(=O)C(C)(C)C(O)CC(=O)N1. The first-order valence-electron chi connectivity index (χ1n) is 13.0. The van der Waals surface area contributed by atoms with Crippen molar-refractivity contribution < 1.29 is 24.9 Å². The average Bonchev–Trinajstić information content (AvgIpc) is 3.20. The fourth-order valence-corrected chi connectivity index (χ4v) is 5.55. The molecule has 1 aliphatic heterocycles. The van der Waals surface area contributed by atoms with Crippen LogP contribution in [0, 0.1) is 29.6 Å². The number of Topliss-reactive ketones (excluding diaryl/α,β-unsaturated/α-hetero) is 1. The molecule has 1 aromatic rings. The van der Waals surface area contributed by atoms with Crippen LogP contribution in [0.4, 0.5) is 0 Å². The van der Waals surface area contributed by atoms with Gasteiger partial charge in [0, 0.05) is 11.3 Å². The van der Waals surface area contributed by atoms with Gasteiger partial charge in [-0.05, 0) is 56.1 Å². The van der Waals surface area contributed by atoms with E-state index < -0.39 is 47.0 Å². The van der Waals surface area contributed by atoms with Crippen molar-refractivity contribution in [1.82, 2.24) is 10.3 Å². The van der Waals surface area contributed by atoms with Gasteiger partial charge in [0.2, 0.25) is 5.91 Å². The largest absolute Gasteiger partial charge is 0.392 e. The molecule has 2 rings (SSSR count). The molecule has 0 aromatic carbocycles. The summed E-state index contributed by atoms with van der Waals surface area (Å²) >= 11 is 1.55. The number of thiazole rings is 1. The van der Waals surface area contributed by atoms with Crippen molar-refractivity contribution in [2.24, 2.45) is 22.7 Å². The highest BCUT2D eigenvalue weighted by molar-refractivity contribution is 7.09. The van der Waals surface area contributed by atoms with Crippen LogP contribution in [0.15, 0.2) is 11.0 Å². The molecule has 6 atom stereocenters. The minimum absolute atomic E-state index is 0.111. The number of amides is 1. The van der Waals surface area contributed by atoms with Crippen LogP contribution in [0.2, 0.25) is 0 Å². The number of hydrogen-bond acceptors (Lipinski definition) is 7. The summed E-state index contributed by atoms with van der Waals surface area (Å²) in [6.07, 6.45) is 1.50. The Kier molecular flexibility index (Phi) is 10.5. The van der Waals surface area contributed by atoms with Gasteiger partial charge < -0.3 is 20.6 Å². The third-order valence-corrected chi connectivity index (χ3v) is 8.89. The number of aliphatic hydroxyl groups is 3. The van der Waals surface area contributed by atoms with E-state index in [0.717, 1.165) is 35.5 Å². The Morgan fingerprint density at radius 2 is 1.78 bits per heavy atom. The Balaban J connectivity index is 2.39. The molecule has 0 aliphatic carbocycles. The van der Waals surface area contributed by atoms with E-state index in [2.05, 4.69) is 10.3 Å². The second-order valence-electron chi connectivity index (χ2n) is 12.0. The van der Waals surface area contributed by atoms with Crippen molar-refractivity contribution in [2.45, 2.75) is 112 Å². The molecule has 1 aromatic heterocycles. The lowest BCUT2D eigenvalue weighted by atomic mass is 9.72. The topological polar surface area (TPSA) is 120 Å². The van der Waals surface area contributed by atoms with E-state index in [1.54, 1.807) is 32.1 Å². The van der Waals surface area contributed by atoms with Gasteiger partial charge in [-0.25, -0.2) is 4.98 Å². The number of carbonyl (C=O) groups excluding carboxylic acids is 2. The van der Waals surface area contributed by atoms with Crippen molar-refractivity contribution in [2.75, 3.05) is 0 Å². The number of carbonyl (C=O) groups is 2. The molecule has 1 saturated heterocycles. The van der Waals surface area contributed by atoms with Gasteiger partial charge in [-0.2, -0.15) is 0 Å². The Hall–Kier alpha value is -1.61. The van der Waals surface area contributed by atoms with Crippen LogP contribution in [0.25, 0.3) is 6.08 Å². The normalized spacial score (nSPS) is 33.2. The summed E-state index contributed by atoms with van der Waals surface area (Å²) in [5, 5.41) is 38.9. The Bertz CT molecular complexity index is 938. The second kappa shape index (κ2) is 12.3. The molecule has 7 nitrogen and oxygen atoms in total. The van der Waals surface area contributed by atoms with E-state index in [9.17, 15) is 24.9 Å². The maximum Gasteiger partial charge on any atom is 0.223 e. The van der Waals surface area contributed by atoms with E-state index in [4.69, 9.17) is 0 Å². The number of hydrogen-bond donors (Lipinski definition) is 4. The number of aryl methyl sites for hydroxylation is 1. The van der Waals surface area contributed by atoms with E-state index in [0.29, 0.717) is 6.42 Å². The van der Waals surface area contributed by atoms with Gasteiger partial charge in [0.05, 0.1) is 46.9 Å². The molecular formula is C28H46N2O5S. The summed E-state index contributed by atoms with van der Waals surface area (Å²) in [6, 6.07) is -0.452. The lowest BCUT2D eigenvalue weighted by Crippen LogP contribution is -2.48. The fraction of sp³-hybridized carbons (Fsp3) is 0.750. The van der Waals surface area contributed by atoms with E-state index in [1.807, 2.05) is 46.1 Å². The highest BCUT2D eigenvalue weighted by atomic mass is 32.1. The third-order valence-electron chi connectivity index (χ3n) is 8.09. The van der Waals surface area contributed by atoms with Crippen LogP contribution < -0.4 is 5.32 Å². The fourth-order valence-electron chi connectivity index (χ4n) is 4.98. The van der Waals surface area contributed by atoms with Crippen molar-refractivity contribution >= 4 is 29.1 Å². The Labute approximate surface area is 220 Å². The first-order chi connectivity index (χ1) is 16.6. The number of aromatic nitrogens is 1. The molecule has 0 radical (unpaired) electrons. The zero-order chi connectivity index (χ0) is 27.4. The Morgan fingerprint density at radius 1 is 1.14 bits per heavy atom. The number of nitrogens with one attached hydrogen (secondary N) is 1. The second-order valence-corrected chi connectivity index (χ2v) is 13.1. The molecule has 0 spiro atoms. The van der Waals surface area contributed by atoms with Gasteiger partial charge in [0.15, 0.2) is 0 Å². The highest BCUT2D eigenvalue weighted by Gasteiger charge is 2.42. The zero-order valence-electron chi connectivity index (χ0n) is 23.2. The molecule has 4 N–H and O–H groups in total. The molecule has 204 valence electrons. The van der Waals surface area contributed by atoms with Crippen molar-refractivity contribution in [3.05, 3.63) is 21.7 Å². The average molecular weight is 523 g/mol. The Morgan fingerprint density at radius 3 is 2.36 bits per heavy atom. The van der Waals surface area contributed by atoms with E-state index >= 15 is 0 Å². The summed E-state index contributed by atoms with van der Waals surface area (Å²) < 4.78 is 0. The van der Waals surface area contributed by atoms with Gasteiger partial charge >= 0.3 is 0 Å². The lowest BCUT2D eigenvalue weighted by Gasteiger charge is -2.37. The van der Waals surface area contributed by atoms with Gasteiger partial charge in [0.25, 0.3) is 0 Å². The monoisotopic (exact) mass is 522 g/mol. The zero-order valence-corrected chi connectivity index (χ0v) is 24.0. The van der Waals surface area contributed by atoms with Gasteiger partial charge in [-0.15, -0.1) is 11.3 Å². The molecule has 2 heterocycles. The maximum atomic E-state index is 13.3. The summed E-state index contributed by atoms with van der Waals surface area (Å²) in [7, 11) is 0. The number of rotatable bonds is 2.